The van der Waals surface area contributed by atoms with Gasteiger partial charge in [-0.3, -0.25) is 0 Å². The van der Waals surface area contributed by atoms with E-state index in [1.54, 1.807) is 0 Å². The molecule has 2 aromatic carbocycles. The highest BCUT2D eigenvalue weighted by Crippen LogP contribution is 1.92. The molecule has 84 valence electrons. The Morgan fingerprint density at radius 2 is 1.12 bits per heavy atom. The standard InChI is InChI=1S/C7H7NO.C6H6.H2O/c9-8-6-7-4-2-1-3-5-7;1-2-4-6-5-3-1;/h1-6,9H;1-6H;1H2. The largest absolute Gasteiger partial charge is 0.412 e. The summed E-state index contributed by atoms with van der Waals surface area (Å²) < 4.78 is 0. The van der Waals surface area contributed by atoms with Gasteiger partial charge in [-0.2, -0.15) is 0 Å². The Morgan fingerprint density at radius 3 is 1.50 bits per heavy atom. The molecule has 0 aliphatic rings. The number of hydrogen-bond donors (Lipinski definition) is 1. The fraction of sp³-hybridized carbons (Fsp3) is 0. The SMILES string of the molecule is O.ON=Cc1ccccc1.c1ccccc1. The summed E-state index contributed by atoms with van der Waals surface area (Å²) in [7, 11) is 0. The van der Waals surface area contributed by atoms with Gasteiger partial charge in [-0.25, -0.2) is 0 Å². The molecule has 0 amide bonds. The summed E-state index contributed by atoms with van der Waals surface area (Å²) in [6.45, 7) is 0. The zero-order valence-corrected chi connectivity index (χ0v) is 8.82. The molecule has 0 aliphatic carbocycles. The van der Waals surface area contributed by atoms with Crippen molar-refractivity contribution in [2.45, 2.75) is 0 Å². The van der Waals surface area contributed by atoms with Crippen molar-refractivity contribution in [2.75, 3.05) is 0 Å². The van der Waals surface area contributed by atoms with E-state index in [0.29, 0.717) is 0 Å². The minimum absolute atomic E-state index is 0. The van der Waals surface area contributed by atoms with Gasteiger partial charge in [0, 0.05) is 0 Å². The molecule has 2 aromatic rings. The lowest BCUT2D eigenvalue weighted by atomic mass is 10.2. The van der Waals surface area contributed by atoms with Crippen LogP contribution in [0.2, 0.25) is 0 Å². The second-order valence-electron chi connectivity index (χ2n) is 2.81. The van der Waals surface area contributed by atoms with Crippen molar-refractivity contribution < 1.29 is 10.7 Å². The number of benzene rings is 2. The van der Waals surface area contributed by atoms with Crippen LogP contribution in [0.1, 0.15) is 5.56 Å². The molecule has 16 heavy (non-hydrogen) atoms. The first kappa shape index (κ1) is 13.9. The molecule has 0 radical (unpaired) electrons. The molecule has 3 heteroatoms. The Morgan fingerprint density at radius 1 is 0.750 bits per heavy atom. The normalized spacial score (nSPS) is 8.75. The topological polar surface area (TPSA) is 64.1 Å². The molecule has 0 atom stereocenters. The van der Waals surface area contributed by atoms with E-state index in [-0.39, 0.29) is 5.48 Å². The Kier molecular flexibility index (Phi) is 8.17. The molecule has 0 saturated carbocycles. The molecule has 0 aliphatic heterocycles. The summed E-state index contributed by atoms with van der Waals surface area (Å²) in [4.78, 5) is 0. The molecule has 0 fully saturated rings. The van der Waals surface area contributed by atoms with Crippen LogP contribution in [0.3, 0.4) is 0 Å². The molecule has 0 heterocycles. The van der Waals surface area contributed by atoms with Crippen LogP contribution >= 0.6 is 0 Å². The van der Waals surface area contributed by atoms with Crippen molar-refractivity contribution in [3.8, 4) is 0 Å². The predicted molar refractivity (Wildman–Crippen MR) is 65.9 cm³/mol. The minimum atomic E-state index is 0. The van der Waals surface area contributed by atoms with Gasteiger partial charge < -0.3 is 10.7 Å². The Labute approximate surface area is 95.0 Å². The highest BCUT2D eigenvalue weighted by molar-refractivity contribution is 5.78. The van der Waals surface area contributed by atoms with Gasteiger partial charge in [0.1, 0.15) is 0 Å². The molecule has 0 unspecified atom stereocenters. The van der Waals surface area contributed by atoms with Crippen molar-refractivity contribution in [3.05, 3.63) is 72.3 Å². The van der Waals surface area contributed by atoms with Crippen LogP contribution in [0.4, 0.5) is 0 Å². The van der Waals surface area contributed by atoms with Crippen LogP contribution in [-0.4, -0.2) is 16.9 Å². The van der Waals surface area contributed by atoms with Crippen LogP contribution in [0.5, 0.6) is 0 Å². The lowest BCUT2D eigenvalue weighted by molar-refractivity contribution is 0.322. The van der Waals surface area contributed by atoms with Crippen LogP contribution in [-0.2, 0) is 0 Å². The zero-order chi connectivity index (χ0) is 10.8. The first-order valence-electron chi connectivity index (χ1n) is 4.66. The van der Waals surface area contributed by atoms with E-state index in [1.807, 2.05) is 66.7 Å². The molecule has 3 nitrogen and oxygen atoms in total. The molecule has 0 bridgehead atoms. The zero-order valence-electron chi connectivity index (χ0n) is 8.82. The van der Waals surface area contributed by atoms with E-state index in [2.05, 4.69) is 5.16 Å². The van der Waals surface area contributed by atoms with Gasteiger partial charge in [-0.15, -0.1) is 0 Å². The van der Waals surface area contributed by atoms with E-state index in [4.69, 9.17) is 5.21 Å². The summed E-state index contributed by atoms with van der Waals surface area (Å²) in [5.74, 6) is 0. The van der Waals surface area contributed by atoms with Gasteiger partial charge in [0.05, 0.1) is 6.21 Å². The molecule has 0 spiro atoms. The van der Waals surface area contributed by atoms with Gasteiger partial charge in [0.15, 0.2) is 0 Å². The van der Waals surface area contributed by atoms with Crippen LogP contribution < -0.4 is 0 Å². The average Bonchev–Trinajstić information content (AvgIpc) is 2.34. The van der Waals surface area contributed by atoms with E-state index in [1.165, 1.54) is 6.21 Å². The maximum atomic E-state index is 8.09. The van der Waals surface area contributed by atoms with Gasteiger partial charge in [0.2, 0.25) is 0 Å². The molecule has 0 saturated heterocycles. The Hall–Kier alpha value is -2.13. The monoisotopic (exact) mass is 217 g/mol. The maximum Gasteiger partial charge on any atom is 0.0733 e. The third kappa shape index (κ3) is 6.34. The van der Waals surface area contributed by atoms with Crippen molar-refractivity contribution in [1.82, 2.24) is 0 Å². The fourth-order valence-electron chi connectivity index (χ4n) is 0.991. The first-order valence-corrected chi connectivity index (χ1v) is 4.66. The fourth-order valence-corrected chi connectivity index (χ4v) is 0.991. The number of oxime groups is 1. The van der Waals surface area contributed by atoms with Crippen LogP contribution in [0.15, 0.2) is 71.9 Å². The Bertz CT molecular complexity index is 347. The van der Waals surface area contributed by atoms with E-state index in [0.717, 1.165) is 5.56 Å². The van der Waals surface area contributed by atoms with Gasteiger partial charge in [0.25, 0.3) is 0 Å². The lowest BCUT2D eigenvalue weighted by Gasteiger charge is -1.85. The van der Waals surface area contributed by atoms with Gasteiger partial charge >= 0.3 is 0 Å². The molecule has 2 rings (SSSR count). The smallest absolute Gasteiger partial charge is 0.0733 e. The summed E-state index contributed by atoms with van der Waals surface area (Å²) >= 11 is 0. The maximum absolute atomic E-state index is 8.09. The third-order valence-electron chi connectivity index (χ3n) is 1.67. The van der Waals surface area contributed by atoms with E-state index < -0.39 is 0 Å². The number of nitrogens with zero attached hydrogens (tertiary/aromatic N) is 1. The van der Waals surface area contributed by atoms with Crippen molar-refractivity contribution in [1.29, 1.82) is 0 Å². The van der Waals surface area contributed by atoms with Gasteiger partial charge in [-0.1, -0.05) is 71.9 Å². The molecule has 3 N–H and O–H groups in total. The molecule has 0 aromatic heterocycles. The molecular weight excluding hydrogens is 202 g/mol. The second kappa shape index (κ2) is 9.43. The average molecular weight is 217 g/mol. The summed E-state index contributed by atoms with van der Waals surface area (Å²) in [6, 6.07) is 21.4. The summed E-state index contributed by atoms with van der Waals surface area (Å²) in [5, 5.41) is 11.0. The quantitative estimate of drug-likeness (QED) is 0.445. The number of rotatable bonds is 1. The van der Waals surface area contributed by atoms with Gasteiger partial charge in [-0.05, 0) is 5.56 Å². The van der Waals surface area contributed by atoms with E-state index in [9.17, 15) is 0 Å². The summed E-state index contributed by atoms with van der Waals surface area (Å²) in [6.07, 6.45) is 1.39. The predicted octanol–water partition coefficient (Wildman–Crippen LogP) is 2.36. The van der Waals surface area contributed by atoms with Crippen molar-refractivity contribution in [2.24, 2.45) is 5.16 Å². The van der Waals surface area contributed by atoms with Crippen LogP contribution in [0, 0.1) is 0 Å². The first-order chi connectivity index (χ1) is 7.43. The third-order valence-corrected chi connectivity index (χ3v) is 1.67. The van der Waals surface area contributed by atoms with Crippen molar-refractivity contribution >= 4 is 6.21 Å². The Balaban J connectivity index is 0.000000283. The van der Waals surface area contributed by atoms with Crippen LogP contribution in [0.25, 0.3) is 0 Å². The van der Waals surface area contributed by atoms with E-state index >= 15 is 0 Å². The molecular formula is C13H15NO2. The summed E-state index contributed by atoms with van der Waals surface area (Å²) in [5.41, 5.74) is 0.903. The van der Waals surface area contributed by atoms with Crippen molar-refractivity contribution in [3.63, 3.8) is 0 Å². The minimum Gasteiger partial charge on any atom is -0.412 e. The second-order valence-corrected chi connectivity index (χ2v) is 2.81. The highest BCUT2D eigenvalue weighted by atomic mass is 16.4. The number of hydrogen-bond acceptors (Lipinski definition) is 2. The lowest BCUT2D eigenvalue weighted by Crippen LogP contribution is -1.76. The highest BCUT2D eigenvalue weighted by Gasteiger charge is 1.79.